The Labute approximate surface area is 168 Å². The van der Waals surface area contributed by atoms with Gasteiger partial charge in [0.2, 0.25) is 18.4 Å². The van der Waals surface area contributed by atoms with Crippen LogP contribution in [0.5, 0.6) is 0 Å². The lowest BCUT2D eigenvalue weighted by Crippen LogP contribution is -2.56. The molecule has 29 heavy (non-hydrogen) atoms. The molecule has 0 aliphatic rings. The minimum absolute atomic E-state index is 0.00377. The number of carbonyl (C=O) groups is 4. The largest absolute Gasteiger partial charge is 0.480 e. The van der Waals surface area contributed by atoms with E-state index in [4.69, 9.17) is 5.11 Å². The highest BCUT2D eigenvalue weighted by Gasteiger charge is 2.30. The van der Waals surface area contributed by atoms with E-state index in [1.165, 1.54) is 0 Å². The van der Waals surface area contributed by atoms with Gasteiger partial charge in [0, 0.05) is 4.92 Å². The minimum atomic E-state index is -1.92. The van der Waals surface area contributed by atoms with Gasteiger partial charge in [-0.2, -0.15) is 0 Å². The Balaban J connectivity index is 5.25. The molecule has 0 saturated carbocycles. The summed E-state index contributed by atoms with van der Waals surface area (Å²) >= 11 is 0. The molecule has 0 saturated heterocycles. The first kappa shape index (κ1) is 26.2. The molecule has 166 valence electrons. The normalized spacial score (nSPS) is 14.0. The summed E-state index contributed by atoms with van der Waals surface area (Å²) in [5.41, 5.74) is 0. The molecule has 0 heterocycles. The van der Waals surface area contributed by atoms with E-state index in [-0.39, 0.29) is 24.7 Å². The molecule has 0 bridgehead atoms. The number of hydrogen-bond acceptors (Lipinski definition) is 7. The lowest BCUT2D eigenvalue weighted by molar-refractivity contribution is -0.487. The molecule has 0 aliphatic heterocycles. The van der Waals surface area contributed by atoms with Gasteiger partial charge in [0.05, 0.1) is 0 Å². The average molecular weight is 418 g/mol. The van der Waals surface area contributed by atoms with Crippen molar-refractivity contribution in [1.82, 2.24) is 16.0 Å². The van der Waals surface area contributed by atoms with Crippen LogP contribution >= 0.6 is 0 Å². The van der Waals surface area contributed by atoms with Crippen molar-refractivity contribution in [3.8, 4) is 0 Å². The number of aliphatic hydroxyl groups is 1. The molecular weight excluding hydrogens is 388 g/mol. The Hall–Kier alpha value is -2.76. The van der Waals surface area contributed by atoms with Crippen molar-refractivity contribution in [3.63, 3.8) is 0 Å². The van der Waals surface area contributed by atoms with Gasteiger partial charge in [-0.1, -0.05) is 27.7 Å². The Morgan fingerprint density at radius 3 is 1.76 bits per heavy atom. The predicted octanol–water partition coefficient (Wildman–Crippen LogP) is -1.11. The highest BCUT2D eigenvalue weighted by atomic mass is 16.6. The van der Waals surface area contributed by atoms with E-state index in [1.54, 1.807) is 13.8 Å². The zero-order chi connectivity index (χ0) is 22.7. The van der Waals surface area contributed by atoms with E-state index in [9.17, 15) is 34.4 Å². The number of nitrogens with zero attached hydrogens (tertiary/aromatic N) is 1. The zero-order valence-electron chi connectivity index (χ0n) is 17.0. The molecule has 0 radical (unpaired) electrons. The molecule has 0 aromatic carbocycles. The molecule has 0 spiro atoms. The van der Waals surface area contributed by atoms with Crippen molar-refractivity contribution in [3.05, 3.63) is 10.1 Å². The number of carboxylic acids is 1. The molecule has 1 unspecified atom stereocenters. The topological polar surface area (TPSA) is 188 Å². The molecule has 0 aliphatic carbocycles. The third kappa shape index (κ3) is 11.6. The van der Waals surface area contributed by atoms with Crippen LogP contribution < -0.4 is 16.0 Å². The standard InChI is InChI=1S/C17H30N4O8/c1-9(2)5-11(15(25)18-7-14(23)24)19-16(26)12(6-10(3)4)20-17(27)13(22)8-21(28)29/h9-13,22H,5-8H2,1-4H3,(H,18,25)(H,19,26)(H,20,27)(H,23,24)/t11-,12-,13?/m0/s1. The third-order valence-electron chi connectivity index (χ3n) is 3.72. The summed E-state index contributed by atoms with van der Waals surface area (Å²) < 4.78 is 0. The first-order valence-electron chi connectivity index (χ1n) is 9.23. The number of rotatable bonds is 13. The van der Waals surface area contributed by atoms with Crippen molar-refractivity contribution in [2.24, 2.45) is 11.8 Å². The average Bonchev–Trinajstić information content (AvgIpc) is 2.56. The Morgan fingerprint density at radius 2 is 1.34 bits per heavy atom. The van der Waals surface area contributed by atoms with Crippen LogP contribution in [0.25, 0.3) is 0 Å². The number of carbonyl (C=O) groups excluding carboxylic acids is 3. The van der Waals surface area contributed by atoms with Gasteiger partial charge in [0.15, 0.2) is 6.10 Å². The second-order valence-corrected chi connectivity index (χ2v) is 7.52. The van der Waals surface area contributed by atoms with Crippen LogP contribution in [0, 0.1) is 22.0 Å². The number of hydrogen-bond donors (Lipinski definition) is 5. The fraction of sp³-hybridized carbons (Fsp3) is 0.765. The second kappa shape index (κ2) is 12.6. The lowest BCUT2D eigenvalue weighted by Gasteiger charge is -2.25. The van der Waals surface area contributed by atoms with Gasteiger partial charge in [-0.25, -0.2) is 0 Å². The summed E-state index contributed by atoms with van der Waals surface area (Å²) in [6.45, 7) is 5.57. The molecule has 0 rings (SSSR count). The summed E-state index contributed by atoms with van der Waals surface area (Å²) in [5.74, 6) is -3.76. The fourth-order valence-corrected chi connectivity index (χ4v) is 2.46. The van der Waals surface area contributed by atoms with Gasteiger partial charge < -0.3 is 26.2 Å². The molecule has 12 heteroatoms. The second-order valence-electron chi connectivity index (χ2n) is 7.52. The van der Waals surface area contributed by atoms with Crippen molar-refractivity contribution in [2.45, 2.75) is 58.7 Å². The first-order valence-corrected chi connectivity index (χ1v) is 9.23. The van der Waals surface area contributed by atoms with Crippen molar-refractivity contribution >= 4 is 23.7 Å². The van der Waals surface area contributed by atoms with Crippen LogP contribution in [0.1, 0.15) is 40.5 Å². The Bertz CT molecular complexity index is 608. The fourth-order valence-electron chi connectivity index (χ4n) is 2.46. The molecule has 0 fully saturated rings. The van der Waals surface area contributed by atoms with E-state index in [2.05, 4.69) is 16.0 Å². The van der Waals surface area contributed by atoms with Gasteiger partial charge in [0.1, 0.15) is 18.6 Å². The van der Waals surface area contributed by atoms with Gasteiger partial charge >= 0.3 is 5.97 Å². The Morgan fingerprint density at radius 1 is 0.897 bits per heavy atom. The van der Waals surface area contributed by atoms with E-state index in [1.807, 2.05) is 13.8 Å². The monoisotopic (exact) mass is 418 g/mol. The zero-order valence-corrected chi connectivity index (χ0v) is 17.0. The highest BCUT2D eigenvalue weighted by molar-refractivity contribution is 5.93. The van der Waals surface area contributed by atoms with Crippen molar-refractivity contribution in [1.29, 1.82) is 0 Å². The summed E-state index contributed by atoms with van der Waals surface area (Å²) in [5, 5.41) is 35.6. The van der Waals surface area contributed by atoms with Crippen LogP contribution in [0.4, 0.5) is 0 Å². The van der Waals surface area contributed by atoms with Crippen molar-refractivity contribution in [2.75, 3.05) is 13.1 Å². The summed E-state index contributed by atoms with van der Waals surface area (Å²) in [4.78, 5) is 57.1. The summed E-state index contributed by atoms with van der Waals surface area (Å²) in [7, 11) is 0. The maximum Gasteiger partial charge on any atom is 0.322 e. The van der Waals surface area contributed by atoms with Crippen LogP contribution in [0.2, 0.25) is 0 Å². The van der Waals surface area contributed by atoms with Gasteiger partial charge in [-0.3, -0.25) is 29.3 Å². The summed E-state index contributed by atoms with van der Waals surface area (Å²) in [6.07, 6.45) is -1.53. The number of amides is 3. The maximum absolute atomic E-state index is 12.7. The molecule has 5 N–H and O–H groups in total. The lowest BCUT2D eigenvalue weighted by atomic mass is 10.00. The number of nitrogens with one attached hydrogen (secondary N) is 3. The van der Waals surface area contributed by atoms with Gasteiger partial charge in [-0.05, 0) is 24.7 Å². The maximum atomic E-state index is 12.7. The first-order chi connectivity index (χ1) is 13.3. The minimum Gasteiger partial charge on any atom is -0.480 e. The number of carboxylic acid groups (broad SMARTS) is 1. The molecular formula is C17H30N4O8. The highest BCUT2D eigenvalue weighted by Crippen LogP contribution is 2.09. The number of nitro groups is 1. The number of aliphatic carboxylic acids is 1. The van der Waals surface area contributed by atoms with Crippen LogP contribution in [-0.2, 0) is 19.2 Å². The van der Waals surface area contributed by atoms with Crippen LogP contribution in [0.15, 0.2) is 0 Å². The molecule has 0 aromatic rings. The third-order valence-corrected chi connectivity index (χ3v) is 3.72. The summed E-state index contributed by atoms with van der Waals surface area (Å²) in [6, 6.07) is -2.16. The SMILES string of the molecule is CC(C)C[C@H](NC(=O)C(O)C[N+](=O)[O-])C(=O)N[C@@H](CC(C)C)C(=O)NCC(=O)O. The van der Waals surface area contributed by atoms with Gasteiger partial charge in [0.25, 0.3) is 5.91 Å². The molecule has 0 aromatic heterocycles. The number of aliphatic hydroxyl groups excluding tert-OH is 1. The van der Waals surface area contributed by atoms with E-state index >= 15 is 0 Å². The van der Waals surface area contributed by atoms with E-state index < -0.39 is 59.9 Å². The van der Waals surface area contributed by atoms with E-state index in [0.29, 0.717) is 0 Å². The molecule has 12 nitrogen and oxygen atoms in total. The quantitative estimate of drug-likeness (QED) is 0.184. The Kier molecular flexibility index (Phi) is 11.4. The molecule has 3 amide bonds. The van der Waals surface area contributed by atoms with Crippen LogP contribution in [0.3, 0.4) is 0 Å². The smallest absolute Gasteiger partial charge is 0.322 e. The van der Waals surface area contributed by atoms with E-state index in [0.717, 1.165) is 0 Å². The molecule has 3 atom stereocenters. The predicted molar refractivity (Wildman–Crippen MR) is 101 cm³/mol. The van der Waals surface area contributed by atoms with Crippen molar-refractivity contribution < 1.29 is 34.3 Å². The van der Waals surface area contributed by atoms with Crippen LogP contribution in [-0.4, -0.2) is 70.1 Å². The van der Waals surface area contributed by atoms with Gasteiger partial charge in [-0.15, -0.1) is 0 Å².